The maximum Gasteiger partial charge on any atom is 0.261 e. The normalized spacial score (nSPS) is 30.6. The molecule has 0 spiro atoms. The molecule has 1 aromatic carbocycles. The van der Waals surface area contributed by atoms with Crippen molar-refractivity contribution < 1.29 is 9.59 Å². The van der Waals surface area contributed by atoms with Crippen LogP contribution in [0, 0.1) is 0 Å². The molecule has 0 aromatic heterocycles. The Hall–Kier alpha value is -1.68. The molecule has 3 unspecified atom stereocenters. The van der Waals surface area contributed by atoms with Gasteiger partial charge in [0.2, 0.25) is 0 Å². The first kappa shape index (κ1) is 12.4. The van der Waals surface area contributed by atoms with E-state index < -0.39 is 0 Å². The molecule has 100 valence electrons. The summed E-state index contributed by atoms with van der Waals surface area (Å²) < 4.78 is 0. The number of carbonyl (C=O) groups excluding carboxylic acids is 2. The van der Waals surface area contributed by atoms with E-state index in [-0.39, 0.29) is 23.9 Å². The standard InChI is InChI=1S/C15H18N2O2/c1-9-7-8-13(10(2)16-9)17-14(18)11-5-3-4-6-12(11)15(17)19/h3-6,9-10,13,16H,7-8H2,1-2H3. The number of nitrogens with one attached hydrogen (secondary N) is 1. The number of hydrogen-bond acceptors (Lipinski definition) is 3. The smallest absolute Gasteiger partial charge is 0.261 e. The fraction of sp³-hybridized carbons (Fsp3) is 0.467. The second-order valence-electron chi connectivity index (χ2n) is 5.53. The lowest BCUT2D eigenvalue weighted by Gasteiger charge is -2.38. The van der Waals surface area contributed by atoms with Crippen molar-refractivity contribution in [3.05, 3.63) is 35.4 Å². The molecule has 4 nitrogen and oxygen atoms in total. The summed E-state index contributed by atoms with van der Waals surface area (Å²) in [7, 11) is 0. The van der Waals surface area contributed by atoms with Crippen molar-refractivity contribution in [3.8, 4) is 0 Å². The van der Waals surface area contributed by atoms with E-state index in [2.05, 4.69) is 12.2 Å². The minimum atomic E-state index is -0.145. The van der Waals surface area contributed by atoms with E-state index in [0.717, 1.165) is 12.8 Å². The number of hydrogen-bond donors (Lipinski definition) is 1. The third-order valence-electron chi connectivity index (χ3n) is 4.18. The number of benzene rings is 1. The van der Waals surface area contributed by atoms with Crippen LogP contribution in [-0.2, 0) is 0 Å². The summed E-state index contributed by atoms with van der Waals surface area (Å²) in [5.41, 5.74) is 1.08. The lowest BCUT2D eigenvalue weighted by Crippen LogP contribution is -2.56. The first-order valence-corrected chi connectivity index (χ1v) is 6.82. The SMILES string of the molecule is CC1CCC(N2C(=O)c3ccccc3C2=O)C(C)N1. The van der Waals surface area contributed by atoms with Gasteiger partial charge in [0.1, 0.15) is 0 Å². The molecular formula is C15H18N2O2. The van der Waals surface area contributed by atoms with Crippen LogP contribution in [0.5, 0.6) is 0 Å². The van der Waals surface area contributed by atoms with Crippen LogP contribution >= 0.6 is 0 Å². The molecule has 2 heterocycles. The molecule has 0 aliphatic carbocycles. The topological polar surface area (TPSA) is 49.4 Å². The minimum absolute atomic E-state index is 0.0383. The number of imide groups is 1. The number of carbonyl (C=O) groups is 2. The fourth-order valence-electron chi connectivity index (χ4n) is 3.18. The molecule has 0 saturated carbocycles. The van der Waals surface area contributed by atoms with Crippen molar-refractivity contribution >= 4 is 11.8 Å². The molecule has 0 radical (unpaired) electrons. The quantitative estimate of drug-likeness (QED) is 0.782. The van der Waals surface area contributed by atoms with Crippen molar-refractivity contribution in [3.63, 3.8) is 0 Å². The summed E-state index contributed by atoms with van der Waals surface area (Å²) >= 11 is 0. The number of piperidine rings is 1. The molecule has 0 bridgehead atoms. The zero-order chi connectivity index (χ0) is 13.6. The van der Waals surface area contributed by atoms with Gasteiger partial charge in [0.05, 0.1) is 17.2 Å². The maximum absolute atomic E-state index is 12.4. The molecule has 3 rings (SSSR count). The van der Waals surface area contributed by atoms with Gasteiger partial charge in [0, 0.05) is 12.1 Å². The molecule has 4 heteroatoms. The maximum atomic E-state index is 12.4. The van der Waals surface area contributed by atoms with Crippen LogP contribution in [0.4, 0.5) is 0 Å². The summed E-state index contributed by atoms with van der Waals surface area (Å²) in [6.07, 6.45) is 1.86. The van der Waals surface area contributed by atoms with Gasteiger partial charge in [-0.25, -0.2) is 0 Å². The first-order chi connectivity index (χ1) is 9.09. The van der Waals surface area contributed by atoms with Crippen LogP contribution in [0.3, 0.4) is 0 Å². The van der Waals surface area contributed by atoms with Crippen molar-refractivity contribution in [2.75, 3.05) is 0 Å². The van der Waals surface area contributed by atoms with Gasteiger partial charge < -0.3 is 5.32 Å². The highest BCUT2D eigenvalue weighted by atomic mass is 16.2. The molecule has 2 aliphatic heterocycles. The van der Waals surface area contributed by atoms with Crippen LogP contribution in [-0.4, -0.2) is 34.8 Å². The Morgan fingerprint density at radius 3 is 2.16 bits per heavy atom. The Labute approximate surface area is 112 Å². The van der Waals surface area contributed by atoms with E-state index in [1.807, 2.05) is 6.92 Å². The molecule has 1 aromatic rings. The average Bonchev–Trinajstić information content (AvgIpc) is 2.64. The molecule has 2 aliphatic rings. The zero-order valence-corrected chi connectivity index (χ0v) is 11.2. The second-order valence-corrected chi connectivity index (χ2v) is 5.53. The number of rotatable bonds is 1. The van der Waals surface area contributed by atoms with Crippen LogP contribution in [0.2, 0.25) is 0 Å². The van der Waals surface area contributed by atoms with Crippen LogP contribution in [0.25, 0.3) is 0 Å². The van der Waals surface area contributed by atoms with E-state index in [9.17, 15) is 9.59 Å². The summed E-state index contributed by atoms with van der Waals surface area (Å²) in [6.45, 7) is 4.18. The highest BCUT2D eigenvalue weighted by molar-refractivity contribution is 6.21. The highest BCUT2D eigenvalue weighted by Crippen LogP contribution is 2.29. The van der Waals surface area contributed by atoms with E-state index in [1.54, 1.807) is 24.3 Å². The summed E-state index contributed by atoms with van der Waals surface area (Å²) in [5.74, 6) is -0.289. The Morgan fingerprint density at radius 2 is 1.63 bits per heavy atom. The molecule has 3 atom stereocenters. The van der Waals surface area contributed by atoms with Gasteiger partial charge in [0.15, 0.2) is 0 Å². The predicted molar refractivity (Wildman–Crippen MR) is 72.0 cm³/mol. The summed E-state index contributed by atoms with van der Waals surface area (Å²) in [4.78, 5) is 26.3. The van der Waals surface area contributed by atoms with E-state index in [0.29, 0.717) is 17.2 Å². The minimum Gasteiger partial charge on any atom is -0.310 e. The van der Waals surface area contributed by atoms with Crippen molar-refractivity contribution in [1.82, 2.24) is 10.2 Å². The Kier molecular flexibility index (Phi) is 2.90. The number of amides is 2. The van der Waals surface area contributed by atoms with Crippen molar-refractivity contribution in [2.45, 2.75) is 44.8 Å². The number of nitrogens with zero attached hydrogens (tertiary/aromatic N) is 1. The van der Waals surface area contributed by atoms with Gasteiger partial charge in [-0.3, -0.25) is 14.5 Å². The first-order valence-electron chi connectivity index (χ1n) is 6.82. The Balaban J connectivity index is 1.92. The highest BCUT2D eigenvalue weighted by Gasteiger charge is 2.42. The average molecular weight is 258 g/mol. The molecule has 1 saturated heterocycles. The Bertz CT molecular complexity index is 506. The van der Waals surface area contributed by atoms with Gasteiger partial charge in [-0.1, -0.05) is 12.1 Å². The number of fused-ring (bicyclic) bond motifs is 1. The van der Waals surface area contributed by atoms with Gasteiger partial charge in [-0.05, 0) is 38.8 Å². The second kappa shape index (κ2) is 4.46. The Morgan fingerprint density at radius 1 is 1.05 bits per heavy atom. The lowest BCUT2D eigenvalue weighted by molar-refractivity contribution is 0.0504. The predicted octanol–water partition coefficient (Wildman–Crippen LogP) is 1.81. The van der Waals surface area contributed by atoms with Gasteiger partial charge in [-0.15, -0.1) is 0 Å². The molecular weight excluding hydrogens is 240 g/mol. The van der Waals surface area contributed by atoms with Crippen LogP contribution in [0.15, 0.2) is 24.3 Å². The molecule has 1 N–H and O–H groups in total. The van der Waals surface area contributed by atoms with Gasteiger partial charge in [0.25, 0.3) is 11.8 Å². The third kappa shape index (κ3) is 1.87. The molecule has 1 fully saturated rings. The van der Waals surface area contributed by atoms with Crippen molar-refractivity contribution in [1.29, 1.82) is 0 Å². The van der Waals surface area contributed by atoms with Crippen molar-refractivity contribution in [2.24, 2.45) is 0 Å². The van der Waals surface area contributed by atoms with Gasteiger partial charge >= 0.3 is 0 Å². The third-order valence-corrected chi connectivity index (χ3v) is 4.18. The lowest BCUT2D eigenvalue weighted by atomic mass is 9.94. The largest absolute Gasteiger partial charge is 0.310 e. The monoisotopic (exact) mass is 258 g/mol. The van der Waals surface area contributed by atoms with Crippen LogP contribution < -0.4 is 5.32 Å². The summed E-state index contributed by atoms with van der Waals surface area (Å²) in [5, 5.41) is 3.43. The van der Waals surface area contributed by atoms with E-state index in [4.69, 9.17) is 0 Å². The fourth-order valence-corrected chi connectivity index (χ4v) is 3.18. The summed E-state index contributed by atoms with van der Waals surface area (Å²) in [6, 6.07) is 7.63. The van der Waals surface area contributed by atoms with Gasteiger partial charge in [-0.2, -0.15) is 0 Å². The molecule has 19 heavy (non-hydrogen) atoms. The zero-order valence-electron chi connectivity index (χ0n) is 11.2. The van der Waals surface area contributed by atoms with Crippen LogP contribution in [0.1, 0.15) is 47.4 Å². The van der Waals surface area contributed by atoms with E-state index in [1.165, 1.54) is 4.90 Å². The van der Waals surface area contributed by atoms with E-state index >= 15 is 0 Å². The molecule has 2 amide bonds.